The van der Waals surface area contributed by atoms with Gasteiger partial charge in [-0.05, 0) is 43.4 Å². The molecule has 22 heavy (non-hydrogen) atoms. The maximum atomic E-state index is 13.2. The average Bonchev–Trinajstić information content (AvgIpc) is 3.19. The van der Waals surface area contributed by atoms with E-state index in [0.717, 1.165) is 31.4 Å². The molecule has 122 valence electrons. The van der Waals surface area contributed by atoms with Gasteiger partial charge in [-0.2, -0.15) is 0 Å². The Bertz CT molecular complexity index is 539. The molecule has 1 fully saturated rings. The quantitative estimate of drug-likeness (QED) is 0.756. The number of halogens is 2. The van der Waals surface area contributed by atoms with Crippen molar-refractivity contribution in [1.82, 2.24) is 10.6 Å². The maximum Gasteiger partial charge on any atom is 0.315 e. The first-order valence-electron chi connectivity index (χ1n) is 7.62. The number of aliphatic hydroxyl groups excluding tert-OH is 1. The molecule has 0 aliphatic heterocycles. The SMILES string of the molecule is CCCC1CC1NC(=O)NC(C)C(O)c1ccc(F)c(F)c1. The molecule has 3 N–H and O–H groups in total. The molecule has 0 aromatic heterocycles. The molecule has 0 spiro atoms. The molecule has 4 nitrogen and oxygen atoms in total. The standard InChI is InChI=1S/C16H22F2N2O2/c1-3-4-10-8-14(10)20-16(22)19-9(2)15(21)11-5-6-12(17)13(18)7-11/h5-7,9-10,14-15,21H,3-4,8H2,1-2H3,(H2,19,20,22). The van der Waals surface area contributed by atoms with E-state index in [2.05, 4.69) is 17.6 Å². The molecule has 6 heteroatoms. The lowest BCUT2D eigenvalue weighted by molar-refractivity contribution is 0.137. The number of urea groups is 1. The van der Waals surface area contributed by atoms with Gasteiger partial charge in [0.25, 0.3) is 0 Å². The molecular formula is C16H22F2N2O2. The van der Waals surface area contributed by atoms with Crippen molar-refractivity contribution in [2.24, 2.45) is 5.92 Å². The molecule has 0 saturated heterocycles. The third-order valence-corrected chi connectivity index (χ3v) is 4.02. The number of carbonyl (C=O) groups is 1. The number of amides is 2. The summed E-state index contributed by atoms with van der Waals surface area (Å²) in [7, 11) is 0. The minimum absolute atomic E-state index is 0.201. The number of nitrogens with one attached hydrogen (secondary N) is 2. The zero-order valence-corrected chi connectivity index (χ0v) is 12.8. The maximum absolute atomic E-state index is 13.2. The van der Waals surface area contributed by atoms with Crippen molar-refractivity contribution in [2.75, 3.05) is 0 Å². The summed E-state index contributed by atoms with van der Waals surface area (Å²) in [6.07, 6.45) is 2.07. The topological polar surface area (TPSA) is 61.4 Å². The molecular weight excluding hydrogens is 290 g/mol. The zero-order chi connectivity index (χ0) is 16.3. The van der Waals surface area contributed by atoms with Gasteiger partial charge in [0.15, 0.2) is 11.6 Å². The lowest BCUT2D eigenvalue weighted by Crippen LogP contribution is -2.44. The Morgan fingerprint density at radius 1 is 1.41 bits per heavy atom. The van der Waals surface area contributed by atoms with E-state index in [1.807, 2.05) is 0 Å². The normalized spacial score (nSPS) is 22.8. The van der Waals surface area contributed by atoms with Gasteiger partial charge in [0, 0.05) is 6.04 Å². The second-order valence-electron chi connectivity index (χ2n) is 5.92. The van der Waals surface area contributed by atoms with E-state index in [-0.39, 0.29) is 17.6 Å². The molecule has 1 aliphatic rings. The predicted molar refractivity (Wildman–Crippen MR) is 79.3 cm³/mol. The van der Waals surface area contributed by atoms with Crippen LogP contribution in [-0.4, -0.2) is 23.2 Å². The molecule has 2 amide bonds. The summed E-state index contributed by atoms with van der Waals surface area (Å²) in [4.78, 5) is 11.8. The van der Waals surface area contributed by atoms with E-state index < -0.39 is 23.8 Å². The van der Waals surface area contributed by atoms with Crippen molar-refractivity contribution >= 4 is 6.03 Å². The lowest BCUT2D eigenvalue weighted by Gasteiger charge is -2.21. The Hall–Kier alpha value is -1.69. The summed E-state index contributed by atoms with van der Waals surface area (Å²) in [5.41, 5.74) is 0.224. The van der Waals surface area contributed by atoms with Gasteiger partial charge in [0.1, 0.15) is 0 Å². The number of rotatable bonds is 6. The molecule has 1 saturated carbocycles. The minimum Gasteiger partial charge on any atom is -0.386 e. The zero-order valence-electron chi connectivity index (χ0n) is 12.8. The average molecular weight is 312 g/mol. The van der Waals surface area contributed by atoms with Crippen molar-refractivity contribution < 1.29 is 18.7 Å². The molecule has 0 heterocycles. The molecule has 1 aromatic rings. The van der Waals surface area contributed by atoms with Gasteiger partial charge in [-0.3, -0.25) is 0 Å². The Kier molecular flexibility index (Phi) is 5.34. The first kappa shape index (κ1) is 16.7. The first-order chi connectivity index (χ1) is 10.4. The third kappa shape index (κ3) is 4.16. The number of aliphatic hydroxyl groups is 1. The second-order valence-corrected chi connectivity index (χ2v) is 5.92. The monoisotopic (exact) mass is 312 g/mol. The summed E-state index contributed by atoms with van der Waals surface area (Å²) in [6, 6.07) is 2.43. The summed E-state index contributed by atoms with van der Waals surface area (Å²) in [5.74, 6) is -1.44. The molecule has 4 unspecified atom stereocenters. The van der Waals surface area contributed by atoms with Crippen LogP contribution in [0, 0.1) is 17.6 Å². The number of carbonyl (C=O) groups excluding carboxylic acids is 1. The molecule has 2 rings (SSSR count). The molecule has 0 bridgehead atoms. The van der Waals surface area contributed by atoms with Crippen LogP contribution < -0.4 is 10.6 Å². The van der Waals surface area contributed by atoms with Gasteiger partial charge >= 0.3 is 6.03 Å². The van der Waals surface area contributed by atoms with Crippen molar-refractivity contribution in [3.8, 4) is 0 Å². The van der Waals surface area contributed by atoms with E-state index in [1.165, 1.54) is 6.07 Å². The Morgan fingerprint density at radius 2 is 2.14 bits per heavy atom. The highest BCUT2D eigenvalue weighted by molar-refractivity contribution is 5.75. The van der Waals surface area contributed by atoms with Crippen LogP contribution in [-0.2, 0) is 0 Å². The highest BCUT2D eigenvalue weighted by Gasteiger charge is 2.37. The largest absolute Gasteiger partial charge is 0.386 e. The highest BCUT2D eigenvalue weighted by Crippen LogP contribution is 2.34. The molecule has 1 aliphatic carbocycles. The fourth-order valence-corrected chi connectivity index (χ4v) is 2.59. The van der Waals surface area contributed by atoms with Crippen LogP contribution >= 0.6 is 0 Å². The number of benzene rings is 1. The van der Waals surface area contributed by atoms with Crippen LogP contribution in [0.1, 0.15) is 44.8 Å². The van der Waals surface area contributed by atoms with Crippen LogP contribution in [0.25, 0.3) is 0 Å². The fourth-order valence-electron chi connectivity index (χ4n) is 2.59. The van der Waals surface area contributed by atoms with Crippen molar-refractivity contribution in [3.63, 3.8) is 0 Å². The van der Waals surface area contributed by atoms with Crippen molar-refractivity contribution in [1.29, 1.82) is 0 Å². The van der Waals surface area contributed by atoms with E-state index in [9.17, 15) is 18.7 Å². The predicted octanol–water partition coefficient (Wildman–Crippen LogP) is 2.87. The summed E-state index contributed by atoms with van der Waals surface area (Å²) < 4.78 is 26.1. The van der Waals surface area contributed by atoms with Crippen LogP contribution in [0.4, 0.5) is 13.6 Å². The third-order valence-electron chi connectivity index (χ3n) is 4.02. The molecule has 1 aromatic carbocycles. The van der Waals surface area contributed by atoms with Crippen LogP contribution in [0.3, 0.4) is 0 Å². The van der Waals surface area contributed by atoms with Gasteiger partial charge in [-0.1, -0.05) is 19.4 Å². The van der Waals surface area contributed by atoms with Crippen molar-refractivity contribution in [3.05, 3.63) is 35.4 Å². The second kappa shape index (κ2) is 7.05. The number of hydrogen-bond donors (Lipinski definition) is 3. The van der Waals surface area contributed by atoms with E-state index >= 15 is 0 Å². The summed E-state index contributed by atoms with van der Waals surface area (Å²) in [6.45, 7) is 3.72. The van der Waals surface area contributed by atoms with E-state index in [1.54, 1.807) is 6.92 Å². The Balaban J connectivity index is 1.84. The van der Waals surface area contributed by atoms with Crippen LogP contribution in [0.2, 0.25) is 0 Å². The first-order valence-corrected chi connectivity index (χ1v) is 7.62. The fraction of sp³-hybridized carbons (Fsp3) is 0.562. The van der Waals surface area contributed by atoms with E-state index in [0.29, 0.717) is 5.92 Å². The smallest absolute Gasteiger partial charge is 0.315 e. The minimum atomic E-state index is -1.11. The summed E-state index contributed by atoms with van der Waals surface area (Å²) in [5, 5.41) is 15.6. The summed E-state index contributed by atoms with van der Waals surface area (Å²) >= 11 is 0. The van der Waals surface area contributed by atoms with Crippen LogP contribution in [0.15, 0.2) is 18.2 Å². The number of hydrogen-bond acceptors (Lipinski definition) is 2. The lowest BCUT2D eigenvalue weighted by atomic mass is 10.0. The Morgan fingerprint density at radius 3 is 2.77 bits per heavy atom. The van der Waals surface area contributed by atoms with E-state index in [4.69, 9.17) is 0 Å². The van der Waals surface area contributed by atoms with Gasteiger partial charge in [0.05, 0.1) is 12.1 Å². The molecule has 4 atom stereocenters. The van der Waals surface area contributed by atoms with Gasteiger partial charge in [-0.25, -0.2) is 13.6 Å². The molecule has 0 radical (unpaired) electrons. The van der Waals surface area contributed by atoms with Crippen LogP contribution in [0.5, 0.6) is 0 Å². The highest BCUT2D eigenvalue weighted by atomic mass is 19.2. The van der Waals surface area contributed by atoms with Gasteiger partial charge in [-0.15, -0.1) is 0 Å². The Labute approximate surface area is 128 Å². The van der Waals surface area contributed by atoms with Gasteiger partial charge < -0.3 is 15.7 Å². The van der Waals surface area contributed by atoms with Crippen molar-refractivity contribution in [2.45, 2.75) is 51.3 Å². The van der Waals surface area contributed by atoms with Gasteiger partial charge in [0.2, 0.25) is 0 Å².